The Morgan fingerprint density at radius 3 is 3.05 bits per heavy atom. The number of imidazole rings is 1. The van der Waals surface area contributed by atoms with E-state index in [9.17, 15) is 4.79 Å². The molecule has 2 aromatic heterocycles. The number of nitrogens with one attached hydrogen (secondary N) is 1. The first-order chi connectivity index (χ1) is 9.79. The van der Waals surface area contributed by atoms with Gasteiger partial charge in [0.2, 0.25) is 0 Å². The molecule has 0 aliphatic heterocycles. The van der Waals surface area contributed by atoms with Gasteiger partial charge in [0.15, 0.2) is 11.5 Å². The minimum absolute atomic E-state index is 0.257. The number of benzene rings is 1. The number of aromatic nitrogens is 3. The van der Waals surface area contributed by atoms with Crippen LogP contribution in [0.15, 0.2) is 41.3 Å². The van der Waals surface area contributed by atoms with E-state index in [0.29, 0.717) is 11.6 Å². The molecule has 4 rings (SSSR count). The summed E-state index contributed by atoms with van der Waals surface area (Å²) in [4.78, 5) is 20.2. The number of rotatable bonds is 2. The Morgan fingerprint density at radius 1 is 1.40 bits per heavy atom. The van der Waals surface area contributed by atoms with E-state index in [1.54, 1.807) is 18.5 Å². The van der Waals surface area contributed by atoms with Crippen molar-refractivity contribution in [2.24, 2.45) is 0 Å². The highest BCUT2D eigenvalue weighted by atomic mass is 16.3. The van der Waals surface area contributed by atoms with E-state index in [-0.39, 0.29) is 6.03 Å². The average Bonchev–Trinajstić information content (AvgIpc) is 3.00. The van der Waals surface area contributed by atoms with Crippen LogP contribution >= 0.6 is 0 Å². The van der Waals surface area contributed by atoms with Crippen molar-refractivity contribution in [3.8, 4) is 0 Å². The van der Waals surface area contributed by atoms with E-state index in [4.69, 9.17) is 4.42 Å². The van der Waals surface area contributed by atoms with Crippen LogP contribution in [-0.2, 0) is 0 Å². The number of anilines is 1. The number of carbonyl (C=O) groups is 1. The highest BCUT2D eigenvalue weighted by molar-refractivity contribution is 5.92. The zero-order valence-electron chi connectivity index (χ0n) is 10.6. The maximum absolute atomic E-state index is 11.9. The van der Waals surface area contributed by atoms with Crippen molar-refractivity contribution in [1.29, 1.82) is 0 Å². The molecular weight excluding hydrogens is 256 g/mol. The highest BCUT2D eigenvalue weighted by Crippen LogP contribution is 2.40. The number of hydrogen-bond acceptors (Lipinski definition) is 4. The largest absolute Gasteiger partial charge is 0.440 e. The van der Waals surface area contributed by atoms with Crippen molar-refractivity contribution in [2.45, 2.75) is 18.8 Å². The molecule has 6 heteroatoms. The summed E-state index contributed by atoms with van der Waals surface area (Å²) in [7, 11) is 0. The minimum atomic E-state index is -0.257. The standard InChI is InChI=1S/C14H12N4O2/c19-14(18-6-5-15-8-18)16-10-3-4-12-11(7-10)17-13(20-12)9-1-2-9/h3-9H,1-2H2,(H,16,19). The van der Waals surface area contributed by atoms with Crippen LogP contribution in [-0.4, -0.2) is 20.6 Å². The molecule has 20 heavy (non-hydrogen) atoms. The molecular formula is C14H12N4O2. The minimum Gasteiger partial charge on any atom is -0.440 e. The normalized spacial score (nSPS) is 14.6. The third kappa shape index (κ3) is 1.95. The molecule has 1 aliphatic rings. The molecule has 1 saturated carbocycles. The van der Waals surface area contributed by atoms with Gasteiger partial charge < -0.3 is 9.73 Å². The van der Waals surface area contributed by atoms with Crippen molar-refractivity contribution >= 4 is 22.8 Å². The Balaban J connectivity index is 1.61. The molecule has 1 aromatic carbocycles. The van der Waals surface area contributed by atoms with Gasteiger partial charge in [-0.15, -0.1) is 0 Å². The molecule has 0 radical (unpaired) electrons. The Labute approximate surface area is 114 Å². The van der Waals surface area contributed by atoms with Crippen molar-refractivity contribution in [3.05, 3.63) is 42.8 Å². The summed E-state index contributed by atoms with van der Waals surface area (Å²) in [5.41, 5.74) is 2.22. The fourth-order valence-corrected chi connectivity index (χ4v) is 2.10. The van der Waals surface area contributed by atoms with E-state index >= 15 is 0 Å². The Morgan fingerprint density at radius 2 is 2.30 bits per heavy atom. The van der Waals surface area contributed by atoms with Crippen molar-refractivity contribution < 1.29 is 9.21 Å². The second-order valence-corrected chi connectivity index (χ2v) is 4.91. The summed E-state index contributed by atoms with van der Waals surface area (Å²) in [5.74, 6) is 1.28. The van der Waals surface area contributed by atoms with Crippen LogP contribution in [0.25, 0.3) is 11.1 Å². The van der Waals surface area contributed by atoms with Crippen molar-refractivity contribution in [3.63, 3.8) is 0 Å². The summed E-state index contributed by atoms with van der Waals surface area (Å²) in [6.07, 6.45) is 6.90. The monoisotopic (exact) mass is 268 g/mol. The van der Waals surface area contributed by atoms with Gasteiger partial charge in [0.25, 0.3) is 0 Å². The highest BCUT2D eigenvalue weighted by Gasteiger charge is 2.28. The molecule has 0 spiro atoms. The number of amides is 1. The maximum Gasteiger partial charge on any atom is 0.331 e. The molecule has 6 nitrogen and oxygen atoms in total. The Bertz CT molecular complexity index is 772. The first kappa shape index (κ1) is 11.2. The topological polar surface area (TPSA) is 73.0 Å². The van der Waals surface area contributed by atoms with E-state index in [0.717, 1.165) is 29.8 Å². The van der Waals surface area contributed by atoms with Gasteiger partial charge in [-0.25, -0.2) is 14.8 Å². The van der Waals surface area contributed by atoms with Gasteiger partial charge in [0.1, 0.15) is 11.8 Å². The van der Waals surface area contributed by atoms with Gasteiger partial charge in [-0.05, 0) is 31.0 Å². The number of fused-ring (bicyclic) bond motifs is 1. The van der Waals surface area contributed by atoms with E-state index in [1.165, 1.54) is 10.9 Å². The lowest BCUT2D eigenvalue weighted by atomic mass is 10.3. The van der Waals surface area contributed by atoms with Crippen molar-refractivity contribution in [1.82, 2.24) is 14.5 Å². The second-order valence-electron chi connectivity index (χ2n) is 4.91. The fraction of sp³-hybridized carbons (Fsp3) is 0.214. The van der Waals surface area contributed by atoms with E-state index in [2.05, 4.69) is 15.3 Å². The average molecular weight is 268 g/mol. The van der Waals surface area contributed by atoms with Crippen LogP contribution in [0.5, 0.6) is 0 Å². The van der Waals surface area contributed by atoms with E-state index in [1.807, 2.05) is 12.1 Å². The molecule has 2 heterocycles. The van der Waals surface area contributed by atoms with Crippen molar-refractivity contribution in [2.75, 3.05) is 5.32 Å². The fourth-order valence-electron chi connectivity index (χ4n) is 2.10. The van der Waals surface area contributed by atoms with Crippen LogP contribution in [0.1, 0.15) is 24.7 Å². The SMILES string of the molecule is O=C(Nc1ccc2oc(C3CC3)nc2c1)n1ccnc1. The van der Waals surface area contributed by atoms with Crippen LogP contribution in [0.4, 0.5) is 10.5 Å². The first-order valence-electron chi connectivity index (χ1n) is 6.49. The number of oxazole rings is 1. The summed E-state index contributed by atoms with van der Waals surface area (Å²) < 4.78 is 7.06. The number of hydrogen-bond donors (Lipinski definition) is 1. The van der Waals surface area contributed by atoms with Gasteiger partial charge in [-0.2, -0.15) is 0 Å². The molecule has 1 aliphatic carbocycles. The van der Waals surface area contributed by atoms with Gasteiger partial charge in [0, 0.05) is 24.0 Å². The molecule has 1 N–H and O–H groups in total. The lowest BCUT2D eigenvalue weighted by molar-refractivity contribution is 0.253. The Kier molecular flexibility index (Phi) is 2.35. The smallest absolute Gasteiger partial charge is 0.331 e. The van der Waals surface area contributed by atoms with Gasteiger partial charge >= 0.3 is 6.03 Å². The second kappa shape index (κ2) is 4.19. The maximum atomic E-state index is 11.9. The zero-order valence-corrected chi connectivity index (χ0v) is 10.6. The van der Waals surface area contributed by atoms with Gasteiger partial charge in [-0.3, -0.25) is 4.57 Å². The molecule has 100 valence electrons. The number of nitrogens with zero attached hydrogens (tertiary/aromatic N) is 3. The zero-order chi connectivity index (χ0) is 13.5. The first-order valence-corrected chi connectivity index (χ1v) is 6.49. The van der Waals surface area contributed by atoms with Crippen LogP contribution in [0.3, 0.4) is 0 Å². The quantitative estimate of drug-likeness (QED) is 0.775. The molecule has 0 saturated heterocycles. The molecule has 1 amide bonds. The summed E-state index contributed by atoms with van der Waals surface area (Å²) in [6, 6.07) is 5.20. The summed E-state index contributed by atoms with van der Waals surface area (Å²) >= 11 is 0. The summed E-state index contributed by atoms with van der Waals surface area (Å²) in [6.45, 7) is 0. The van der Waals surface area contributed by atoms with E-state index < -0.39 is 0 Å². The van der Waals surface area contributed by atoms with Crippen LogP contribution in [0.2, 0.25) is 0 Å². The lowest BCUT2D eigenvalue weighted by Crippen LogP contribution is -2.17. The third-order valence-electron chi connectivity index (χ3n) is 3.32. The van der Waals surface area contributed by atoms with Crippen LogP contribution in [0, 0.1) is 0 Å². The molecule has 0 atom stereocenters. The molecule has 3 aromatic rings. The van der Waals surface area contributed by atoms with Crippen LogP contribution < -0.4 is 5.32 Å². The summed E-state index contributed by atoms with van der Waals surface area (Å²) in [5, 5.41) is 2.79. The predicted octanol–water partition coefficient (Wildman–Crippen LogP) is 2.98. The predicted molar refractivity (Wildman–Crippen MR) is 72.6 cm³/mol. The third-order valence-corrected chi connectivity index (χ3v) is 3.32. The molecule has 1 fully saturated rings. The Hall–Kier alpha value is -2.63. The molecule has 0 unspecified atom stereocenters. The van der Waals surface area contributed by atoms with Gasteiger partial charge in [0.05, 0.1) is 0 Å². The van der Waals surface area contributed by atoms with Gasteiger partial charge in [-0.1, -0.05) is 0 Å². The lowest BCUT2D eigenvalue weighted by Gasteiger charge is -2.04. The number of carbonyl (C=O) groups excluding carboxylic acids is 1. The molecule has 0 bridgehead atoms.